The van der Waals surface area contributed by atoms with Gasteiger partial charge < -0.3 is 19.5 Å². The Bertz CT molecular complexity index is 927. The molecule has 0 unspecified atom stereocenters. The first-order valence-corrected chi connectivity index (χ1v) is 7.49. The van der Waals surface area contributed by atoms with Gasteiger partial charge in [-0.2, -0.15) is 0 Å². The van der Waals surface area contributed by atoms with E-state index >= 15 is 0 Å². The molecule has 1 aromatic heterocycles. The monoisotopic (exact) mass is 336 g/mol. The smallest absolute Gasteiger partial charge is 0.339 e. The van der Waals surface area contributed by atoms with Crippen molar-refractivity contribution in [2.45, 2.75) is 0 Å². The Morgan fingerprint density at radius 1 is 1.16 bits per heavy atom. The second kappa shape index (κ2) is 6.92. The predicted octanol–water partition coefficient (Wildman–Crippen LogP) is 3.64. The van der Waals surface area contributed by atoms with E-state index in [9.17, 15) is 9.90 Å². The number of aromatic carboxylic acids is 1. The molecule has 0 bridgehead atoms. The molecule has 0 fully saturated rings. The van der Waals surface area contributed by atoms with E-state index in [1.54, 1.807) is 19.4 Å². The summed E-state index contributed by atoms with van der Waals surface area (Å²) < 4.78 is 7.09. The molecule has 3 rings (SSSR count). The van der Waals surface area contributed by atoms with Crippen LogP contribution in [-0.4, -0.2) is 34.1 Å². The molecule has 0 aliphatic heterocycles. The normalized spacial score (nSPS) is 10.9. The van der Waals surface area contributed by atoms with Gasteiger partial charge in [-0.1, -0.05) is 0 Å². The van der Waals surface area contributed by atoms with Crippen LogP contribution in [0.1, 0.15) is 15.9 Å². The highest BCUT2D eigenvalue weighted by Crippen LogP contribution is 2.23. The average molecular weight is 336 g/mol. The van der Waals surface area contributed by atoms with Crippen LogP contribution in [0.2, 0.25) is 0 Å². The minimum Gasteiger partial charge on any atom is -0.507 e. The summed E-state index contributed by atoms with van der Waals surface area (Å²) in [5, 5.41) is 18.5. The topological polar surface area (TPSA) is 84.0 Å². The lowest BCUT2D eigenvalue weighted by molar-refractivity contribution is 0.0694. The molecule has 0 radical (unpaired) electrons. The molecule has 0 saturated heterocycles. The number of phenols is 1. The lowest BCUT2D eigenvalue weighted by Gasteiger charge is -2.04. The number of nitrogens with zero attached hydrogens (tertiary/aromatic N) is 2. The zero-order valence-corrected chi connectivity index (χ0v) is 13.5. The minimum absolute atomic E-state index is 0.176. The second-order valence-corrected chi connectivity index (χ2v) is 5.31. The van der Waals surface area contributed by atoms with Gasteiger partial charge in [-0.15, -0.1) is 0 Å². The quantitative estimate of drug-likeness (QED) is 0.697. The Labute approximate surface area is 144 Å². The van der Waals surface area contributed by atoms with Crippen molar-refractivity contribution < 1.29 is 19.7 Å². The first kappa shape index (κ1) is 16.3. The number of ether oxygens (including phenoxy) is 1. The molecule has 3 aromatic rings. The third kappa shape index (κ3) is 3.69. The van der Waals surface area contributed by atoms with Crippen molar-refractivity contribution in [2.75, 3.05) is 7.11 Å². The number of carbonyl (C=O) groups is 1. The molecule has 2 N–H and O–H groups in total. The van der Waals surface area contributed by atoms with E-state index in [2.05, 4.69) is 4.99 Å². The Hall–Kier alpha value is -3.54. The molecule has 25 heavy (non-hydrogen) atoms. The molecule has 2 aromatic carbocycles. The molecule has 6 heteroatoms. The Morgan fingerprint density at radius 3 is 2.60 bits per heavy atom. The van der Waals surface area contributed by atoms with Crippen LogP contribution in [0.5, 0.6) is 11.5 Å². The molecule has 1 heterocycles. The van der Waals surface area contributed by atoms with Gasteiger partial charge in [0.25, 0.3) is 0 Å². The Balaban J connectivity index is 1.80. The molecule has 0 aliphatic rings. The SMILES string of the molecule is COc1ccc(-n2ccc(C=Nc3ccc(O)c(C(=O)O)c3)c2)cc1. The maximum Gasteiger partial charge on any atom is 0.339 e. The van der Waals surface area contributed by atoms with Crippen molar-refractivity contribution in [3.8, 4) is 17.2 Å². The first-order chi connectivity index (χ1) is 12.1. The van der Waals surface area contributed by atoms with Crippen LogP contribution in [0.3, 0.4) is 0 Å². The van der Waals surface area contributed by atoms with E-state index in [-0.39, 0.29) is 11.3 Å². The Kier molecular flexibility index (Phi) is 4.52. The molecule has 0 saturated carbocycles. The number of aromatic hydroxyl groups is 1. The van der Waals surface area contributed by atoms with Crippen LogP contribution in [0.4, 0.5) is 5.69 Å². The number of benzene rings is 2. The van der Waals surface area contributed by atoms with Crippen LogP contribution >= 0.6 is 0 Å². The van der Waals surface area contributed by atoms with Gasteiger partial charge in [0, 0.05) is 29.9 Å². The lowest BCUT2D eigenvalue weighted by Crippen LogP contribution is -1.95. The number of aliphatic imine (C=N–C) groups is 1. The zero-order chi connectivity index (χ0) is 17.8. The highest BCUT2D eigenvalue weighted by atomic mass is 16.5. The molecule has 0 atom stereocenters. The molecule has 0 aliphatic carbocycles. The van der Waals surface area contributed by atoms with Crippen molar-refractivity contribution >= 4 is 17.9 Å². The third-order valence-electron chi connectivity index (χ3n) is 3.66. The van der Waals surface area contributed by atoms with Gasteiger partial charge in [0.1, 0.15) is 17.1 Å². The number of aromatic nitrogens is 1. The van der Waals surface area contributed by atoms with Gasteiger partial charge in [0.2, 0.25) is 0 Å². The number of rotatable bonds is 5. The van der Waals surface area contributed by atoms with Gasteiger partial charge in [0.15, 0.2) is 0 Å². The van der Waals surface area contributed by atoms with Crippen molar-refractivity contribution in [3.05, 3.63) is 72.1 Å². The number of hydrogen-bond acceptors (Lipinski definition) is 4. The van der Waals surface area contributed by atoms with Gasteiger partial charge in [0.05, 0.1) is 12.8 Å². The first-order valence-electron chi connectivity index (χ1n) is 7.49. The van der Waals surface area contributed by atoms with Crippen molar-refractivity contribution in [3.63, 3.8) is 0 Å². The van der Waals surface area contributed by atoms with Gasteiger partial charge in [-0.25, -0.2) is 4.79 Å². The highest BCUT2D eigenvalue weighted by molar-refractivity contribution is 5.92. The van der Waals surface area contributed by atoms with Crippen molar-refractivity contribution in [2.24, 2.45) is 4.99 Å². The summed E-state index contributed by atoms with van der Waals surface area (Å²) in [4.78, 5) is 15.3. The maximum atomic E-state index is 11.0. The van der Waals surface area contributed by atoms with Crippen LogP contribution in [0, 0.1) is 0 Å². The highest BCUT2D eigenvalue weighted by Gasteiger charge is 2.09. The Morgan fingerprint density at radius 2 is 1.92 bits per heavy atom. The second-order valence-electron chi connectivity index (χ2n) is 5.31. The van der Waals surface area contributed by atoms with Crippen LogP contribution in [0.25, 0.3) is 5.69 Å². The number of methoxy groups -OCH3 is 1. The standard InChI is InChI=1S/C19H16N2O4/c1-25-16-5-3-15(4-6-16)21-9-8-13(12-21)11-20-14-2-7-18(22)17(10-14)19(23)24/h2-12,22H,1H3,(H,23,24). The molecule has 126 valence electrons. The van der Waals surface area contributed by atoms with E-state index < -0.39 is 5.97 Å². The third-order valence-corrected chi connectivity index (χ3v) is 3.66. The molecular formula is C19H16N2O4. The van der Waals surface area contributed by atoms with Crippen molar-refractivity contribution in [1.29, 1.82) is 0 Å². The molecule has 0 spiro atoms. The minimum atomic E-state index is -1.19. The zero-order valence-electron chi connectivity index (χ0n) is 13.5. The van der Waals surface area contributed by atoms with Crippen LogP contribution < -0.4 is 4.74 Å². The van der Waals surface area contributed by atoms with E-state index in [0.717, 1.165) is 17.0 Å². The summed E-state index contributed by atoms with van der Waals surface area (Å²) in [7, 11) is 1.62. The predicted molar refractivity (Wildman–Crippen MR) is 94.6 cm³/mol. The summed E-state index contributed by atoms with van der Waals surface area (Å²) >= 11 is 0. The van der Waals surface area contributed by atoms with Crippen LogP contribution in [0.15, 0.2) is 65.9 Å². The summed E-state index contributed by atoms with van der Waals surface area (Å²) in [6.45, 7) is 0. The van der Waals surface area contributed by atoms with Gasteiger partial charge >= 0.3 is 5.97 Å². The number of carboxylic acids is 1. The lowest BCUT2D eigenvalue weighted by atomic mass is 10.2. The molecule has 6 nitrogen and oxygen atoms in total. The molecule has 0 amide bonds. The maximum absolute atomic E-state index is 11.0. The summed E-state index contributed by atoms with van der Waals surface area (Å²) in [6, 6.07) is 13.7. The summed E-state index contributed by atoms with van der Waals surface area (Å²) in [6.07, 6.45) is 5.45. The summed E-state index contributed by atoms with van der Waals surface area (Å²) in [5.41, 5.74) is 2.12. The number of carboxylic acid groups (broad SMARTS) is 1. The van der Waals surface area contributed by atoms with Crippen LogP contribution in [-0.2, 0) is 0 Å². The summed E-state index contributed by atoms with van der Waals surface area (Å²) in [5.74, 6) is -0.684. The molecular weight excluding hydrogens is 320 g/mol. The van der Waals surface area contributed by atoms with E-state index in [1.807, 2.05) is 47.3 Å². The largest absolute Gasteiger partial charge is 0.507 e. The van der Waals surface area contributed by atoms with Gasteiger partial charge in [-0.3, -0.25) is 4.99 Å². The fourth-order valence-electron chi connectivity index (χ4n) is 2.33. The van der Waals surface area contributed by atoms with Crippen molar-refractivity contribution in [1.82, 2.24) is 4.57 Å². The fourth-order valence-corrected chi connectivity index (χ4v) is 2.33. The number of hydrogen-bond donors (Lipinski definition) is 2. The van der Waals surface area contributed by atoms with Gasteiger partial charge in [-0.05, 0) is 48.5 Å². The average Bonchev–Trinajstić information content (AvgIpc) is 3.10. The van der Waals surface area contributed by atoms with E-state index in [0.29, 0.717) is 5.69 Å². The van der Waals surface area contributed by atoms with E-state index in [4.69, 9.17) is 9.84 Å². The fraction of sp³-hybridized carbons (Fsp3) is 0.0526. The van der Waals surface area contributed by atoms with E-state index in [1.165, 1.54) is 12.1 Å².